The summed E-state index contributed by atoms with van der Waals surface area (Å²) in [6.45, 7) is 4.09. The molecule has 0 aliphatic heterocycles. The van der Waals surface area contributed by atoms with Crippen molar-refractivity contribution in [3.05, 3.63) is 64.3 Å². The number of hydrazine groups is 1. The molecule has 2 N–H and O–H groups in total. The van der Waals surface area contributed by atoms with Gasteiger partial charge in [0.1, 0.15) is 11.5 Å². The predicted molar refractivity (Wildman–Crippen MR) is 95.9 cm³/mol. The fourth-order valence-corrected chi connectivity index (χ4v) is 2.42. The lowest BCUT2D eigenvalue weighted by molar-refractivity contribution is -0.116. The molecule has 7 nitrogen and oxygen atoms in total. The Hall–Kier alpha value is -3.35. The molecule has 7 heteroatoms. The molecule has 0 aliphatic carbocycles. The first kappa shape index (κ1) is 16.5. The Morgan fingerprint density at radius 2 is 2.08 bits per heavy atom. The maximum absolute atomic E-state index is 12.5. The quantitative estimate of drug-likeness (QED) is 0.551. The second-order valence-electron chi connectivity index (χ2n) is 5.40. The Balaban J connectivity index is 1.77. The Morgan fingerprint density at radius 3 is 2.80 bits per heavy atom. The monoisotopic (exact) mass is 338 g/mol. The molecule has 0 saturated carbocycles. The van der Waals surface area contributed by atoms with Crippen LogP contribution in [0.2, 0.25) is 0 Å². The molecular weight excluding hydrogens is 320 g/mol. The van der Waals surface area contributed by atoms with Gasteiger partial charge in [-0.05, 0) is 44.2 Å². The smallest absolute Gasteiger partial charge is 0.262 e. The van der Waals surface area contributed by atoms with E-state index >= 15 is 0 Å². The first-order chi connectivity index (χ1) is 12.1. The summed E-state index contributed by atoms with van der Waals surface area (Å²) in [5, 5.41) is 0.536. The van der Waals surface area contributed by atoms with Gasteiger partial charge < -0.3 is 4.42 Å². The zero-order valence-corrected chi connectivity index (χ0v) is 13.9. The van der Waals surface area contributed by atoms with Crippen molar-refractivity contribution in [2.75, 3.05) is 5.43 Å². The van der Waals surface area contributed by atoms with Gasteiger partial charge in [-0.2, -0.15) is 0 Å². The minimum atomic E-state index is -0.390. The number of furan rings is 1. The predicted octanol–water partition coefficient (Wildman–Crippen LogP) is 2.47. The number of nitrogens with zero attached hydrogens (tertiary/aromatic N) is 2. The molecule has 2 heterocycles. The standard InChI is InChI=1S/C18H18N4O3/c1-3-22-17(24)14-6-4-5-7-15(14)19-18(22)21-20-16(23)11-10-13-9-8-12(2)25-13/h4-11H,3H2,1-2H3,(H,19,21)(H,20,23)/b11-10+. The van der Waals surface area contributed by atoms with Gasteiger partial charge in [0.2, 0.25) is 5.95 Å². The Bertz CT molecular complexity index is 1000. The fraction of sp³-hybridized carbons (Fsp3) is 0.167. The molecule has 25 heavy (non-hydrogen) atoms. The normalized spacial score (nSPS) is 11.1. The minimum absolute atomic E-state index is 0.161. The Morgan fingerprint density at radius 1 is 1.28 bits per heavy atom. The maximum Gasteiger partial charge on any atom is 0.262 e. The van der Waals surface area contributed by atoms with Crippen LogP contribution < -0.4 is 16.4 Å². The van der Waals surface area contributed by atoms with Crippen LogP contribution >= 0.6 is 0 Å². The van der Waals surface area contributed by atoms with Crippen LogP contribution in [0.15, 0.2) is 51.7 Å². The van der Waals surface area contributed by atoms with Gasteiger partial charge in [0.05, 0.1) is 10.9 Å². The van der Waals surface area contributed by atoms with Crippen molar-refractivity contribution in [1.82, 2.24) is 15.0 Å². The molecule has 0 saturated heterocycles. The summed E-state index contributed by atoms with van der Waals surface area (Å²) in [4.78, 5) is 28.8. The number of anilines is 1. The molecule has 128 valence electrons. The topological polar surface area (TPSA) is 89.2 Å². The molecule has 1 amide bonds. The highest BCUT2D eigenvalue weighted by Gasteiger charge is 2.09. The summed E-state index contributed by atoms with van der Waals surface area (Å²) in [5.41, 5.74) is 5.62. The molecular formula is C18H18N4O3. The lowest BCUT2D eigenvalue weighted by atomic mass is 10.2. The number of hydrogen-bond donors (Lipinski definition) is 2. The van der Waals surface area contributed by atoms with E-state index in [1.807, 2.05) is 26.0 Å². The number of para-hydroxylation sites is 1. The van der Waals surface area contributed by atoms with Gasteiger partial charge in [-0.15, -0.1) is 0 Å². The van der Waals surface area contributed by atoms with Crippen molar-refractivity contribution < 1.29 is 9.21 Å². The molecule has 0 spiro atoms. The van der Waals surface area contributed by atoms with Crippen LogP contribution in [0.5, 0.6) is 0 Å². The van der Waals surface area contributed by atoms with Crippen molar-refractivity contribution in [3.63, 3.8) is 0 Å². The number of carbonyl (C=O) groups excluding carboxylic acids is 1. The largest absolute Gasteiger partial charge is 0.462 e. The molecule has 0 unspecified atom stereocenters. The summed E-state index contributed by atoms with van der Waals surface area (Å²) in [7, 11) is 0. The number of benzene rings is 1. The second kappa shape index (κ2) is 7.04. The molecule has 3 rings (SSSR count). The SMILES string of the molecule is CCn1c(NNC(=O)/C=C/c2ccc(C)o2)nc2ccccc2c1=O. The summed E-state index contributed by atoms with van der Waals surface area (Å²) < 4.78 is 6.81. The van der Waals surface area contributed by atoms with Crippen LogP contribution in [0.25, 0.3) is 17.0 Å². The number of aryl methyl sites for hydroxylation is 1. The highest BCUT2D eigenvalue weighted by Crippen LogP contribution is 2.10. The average Bonchev–Trinajstić information content (AvgIpc) is 3.03. The third kappa shape index (κ3) is 3.60. The van der Waals surface area contributed by atoms with Crippen molar-refractivity contribution in [3.8, 4) is 0 Å². The zero-order chi connectivity index (χ0) is 17.8. The van der Waals surface area contributed by atoms with Crippen molar-refractivity contribution in [2.45, 2.75) is 20.4 Å². The molecule has 0 radical (unpaired) electrons. The van der Waals surface area contributed by atoms with Crippen LogP contribution in [0.3, 0.4) is 0 Å². The highest BCUT2D eigenvalue weighted by atomic mass is 16.3. The van der Waals surface area contributed by atoms with Gasteiger partial charge in [-0.3, -0.25) is 25.0 Å². The van der Waals surface area contributed by atoms with Crippen molar-refractivity contribution in [2.24, 2.45) is 0 Å². The van der Waals surface area contributed by atoms with E-state index in [9.17, 15) is 9.59 Å². The molecule has 3 aromatic rings. The van der Waals surface area contributed by atoms with Gasteiger partial charge >= 0.3 is 0 Å². The zero-order valence-electron chi connectivity index (χ0n) is 13.9. The minimum Gasteiger partial charge on any atom is -0.462 e. The van der Waals surface area contributed by atoms with Gasteiger partial charge in [0.15, 0.2) is 0 Å². The molecule has 0 aliphatic rings. The van der Waals surface area contributed by atoms with E-state index in [0.29, 0.717) is 23.2 Å². The van der Waals surface area contributed by atoms with Crippen molar-refractivity contribution >= 4 is 28.8 Å². The number of amides is 1. The third-order valence-electron chi connectivity index (χ3n) is 3.64. The van der Waals surface area contributed by atoms with Crippen LogP contribution in [-0.4, -0.2) is 15.5 Å². The van der Waals surface area contributed by atoms with E-state index < -0.39 is 0 Å². The maximum atomic E-state index is 12.5. The van der Waals surface area contributed by atoms with E-state index in [4.69, 9.17) is 4.42 Å². The first-order valence-electron chi connectivity index (χ1n) is 7.88. The molecule has 1 aromatic carbocycles. The third-order valence-corrected chi connectivity index (χ3v) is 3.64. The Labute approximate surface area is 144 Å². The first-order valence-corrected chi connectivity index (χ1v) is 7.88. The highest BCUT2D eigenvalue weighted by molar-refractivity contribution is 5.92. The van der Waals surface area contributed by atoms with Crippen LogP contribution in [0.1, 0.15) is 18.4 Å². The van der Waals surface area contributed by atoms with Crippen molar-refractivity contribution in [1.29, 1.82) is 0 Å². The summed E-state index contributed by atoms with van der Waals surface area (Å²) >= 11 is 0. The molecule has 0 fully saturated rings. The van der Waals surface area contributed by atoms with E-state index in [1.54, 1.807) is 30.3 Å². The molecule has 2 aromatic heterocycles. The lowest BCUT2D eigenvalue weighted by Crippen LogP contribution is -2.33. The number of hydrogen-bond acceptors (Lipinski definition) is 5. The second-order valence-corrected chi connectivity index (χ2v) is 5.40. The van der Waals surface area contributed by atoms with E-state index in [2.05, 4.69) is 15.8 Å². The summed E-state index contributed by atoms with van der Waals surface area (Å²) in [6.07, 6.45) is 2.89. The van der Waals surface area contributed by atoms with Crippen LogP contribution in [0.4, 0.5) is 5.95 Å². The summed E-state index contributed by atoms with van der Waals surface area (Å²) in [6, 6.07) is 10.7. The lowest BCUT2D eigenvalue weighted by Gasteiger charge is -2.13. The van der Waals surface area contributed by atoms with Gasteiger partial charge in [0, 0.05) is 12.6 Å². The molecule has 0 bridgehead atoms. The van der Waals surface area contributed by atoms with E-state index in [0.717, 1.165) is 5.76 Å². The van der Waals surface area contributed by atoms with Gasteiger partial charge in [0.25, 0.3) is 11.5 Å². The molecule has 0 atom stereocenters. The van der Waals surface area contributed by atoms with E-state index in [-0.39, 0.29) is 17.4 Å². The summed E-state index contributed by atoms with van der Waals surface area (Å²) in [5.74, 6) is 1.24. The number of rotatable bonds is 5. The van der Waals surface area contributed by atoms with Gasteiger partial charge in [-0.25, -0.2) is 4.98 Å². The number of fused-ring (bicyclic) bond motifs is 1. The van der Waals surface area contributed by atoms with E-state index in [1.165, 1.54) is 10.6 Å². The average molecular weight is 338 g/mol. The fourth-order valence-electron chi connectivity index (χ4n) is 2.42. The van der Waals surface area contributed by atoms with Crippen LogP contribution in [0, 0.1) is 6.92 Å². The van der Waals surface area contributed by atoms with Crippen LogP contribution in [-0.2, 0) is 11.3 Å². The Kier molecular flexibility index (Phi) is 4.65. The number of carbonyl (C=O) groups is 1. The van der Waals surface area contributed by atoms with Gasteiger partial charge in [-0.1, -0.05) is 12.1 Å². The number of aromatic nitrogens is 2. The number of nitrogens with one attached hydrogen (secondary N) is 2.